The Morgan fingerprint density at radius 1 is 1.07 bits per heavy atom. The highest BCUT2D eigenvalue weighted by atomic mass is 16.5. The van der Waals surface area contributed by atoms with Crippen LogP contribution in [0.15, 0.2) is 41.0 Å². The minimum absolute atomic E-state index is 0.740. The van der Waals surface area contributed by atoms with Crippen LogP contribution in [0.2, 0.25) is 0 Å². The Bertz CT molecular complexity index is 432. The quantitative estimate of drug-likeness (QED) is 0.770. The third kappa shape index (κ3) is 1.81. The molecule has 1 aromatic carbocycles. The molecule has 15 heavy (non-hydrogen) atoms. The molecule has 3 heteroatoms. The summed E-state index contributed by atoms with van der Waals surface area (Å²) >= 11 is 0. The largest absolute Gasteiger partial charge is 0.497 e. The number of hydrogen-bond donors (Lipinski definition) is 0. The van der Waals surface area contributed by atoms with Crippen molar-refractivity contribution in [3.8, 4) is 22.8 Å². The van der Waals surface area contributed by atoms with Crippen molar-refractivity contribution in [2.45, 2.75) is 0 Å². The molecule has 0 amide bonds. The SMILES string of the molecule is COc1ccc(-c2ccco2)c(OC)c1. The van der Waals surface area contributed by atoms with Crippen molar-refractivity contribution in [2.24, 2.45) is 0 Å². The van der Waals surface area contributed by atoms with Crippen molar-refractivity contribution in [3.05, 3.63) is 36.6 Å². The maximum atomic E-state index is 5.31. The van der Waals surface area contributed by atoms with Gasteiger partial charge in [-0.25, -0.2) is 0 Å². The van der Waals surface area contributed by atoms with Crippen LogP contribution in [0, 0.1) is 0 Å². The monoisotopic (exact) mass is 204 g/mol. The highest BCUT2D eigenvalue weighted by Gasteiger charge is 2.08. The number of ether oxygens (including phenoxy) is 2. The van der Waals surface area contributed by atoms with Gasteiger partial charge in [-0.15, -0.1) is 0 Å². The van der Waals surface area contributed by atoms with Gasteiger partial charge in [0.1, 0.15) is 17.3 Å². The molecule has 1 aromatic heterocycles. The van der Waals surface area contributed by atoms with E-state index in [2.05, 4.69) is 0 Å². The van der Waals surface area contributed by atoms with Gasteiger partial charge in [0.05, 0.1) is 26.0 Å². The summed E-state index contributed by atoms with van der Waals surface area (Å²) in [5.41, 5.74) is 0.920. The topological polar surface area (TPSA) is 31.6 Å². The zero-order valence-corrected chi connectivity index (χ0v) is 8.69. The summed E-state index contributed by atoms with van der Waals surface area (Å²) in [6, 6.07) is 9.36. The second-order valence-corrected chi connectivity index (χ2v) is 3.04. The second kappa shape index (κ2) is 4.09. The molecule has 0 saturated carbocycles. The van der Waals surface area contributed by atoms with E-state index >= 15 is 0 Å². The average Bonchev–Trinajstić information content (AvgIpc) is 2.81. The van der Waals surface area contributed by atoms with Crippen molar-refractivity contribution in [2.75, 3.05) is 14.2 Å². The Balaban J connectivity index is 2.48. The van der Waals surface area contributed by atoms with Crippen LogP contribution in [0.25, 0.3) is 11.3 Å². The molecule has 0 fully saturated rings. The fraction of sp³-hybridized carbons (Fsp3) is 0.167. The lowest BCUT2D eigenvalue weighted by molar-refractivity contribution is 0.394. The van der Waals surface area contributed by atoms with Gasteiger partial charge < -0.3 is 13.9 Å². The van der Waals surface area contributed by atoms with E-state index in [-0.39, 0.29) is 0 Å². The van der Waals surface area contributed by atoms with Crippen LogP contribution >= 0.6 is 0 Å². The fourth-order valence-corrected chi connectivity index (χ4v) is 1.43. The lowest BCUT2D eigenvalue weighted by atomic mass is 10.1. The summed E-state index contributed by atoms with van der Waals surface area (Å²) in [5, 5.41) is 0. The van der Waals surface area contributed by atoms with Crippen molar-refractivity contribution in [1.29, 1.82) is 0 Å². The highest BCUT2D eigenvalue weighted by molar-refractivity contribution is 5.67. The van der Waals surface area contributed by atoms with Crippen LogP contribution in [0.4, 0.5) is 0 Å². The van der Waals surface area contributed by atoms with Gasteiger partial charge in [0, 0.05) is 6.07 Å². The fourth-order valence-electron chi connectivity index (χ4n) is 1.43. The molecule has 2 rings (SSSR count). The zero-order chi connectivity index (χ0) is 10.7. The molecule has 0 aliphatic rings. The second-order valence-electron chi connectivity index (χ2n) is 3.04. The van der Waals surface area contributed by atoms with Crippen LogP contribution < -0.4 is 9.47 Å². The van der Waals surface area contributed by atoms with Crippen LogP contribution in [-0.4, -0.2) is 14.2 Å². The predicted molar refractivity (Wildman–Crippen MR) is 57.2 cm³/mol. The molecule has 78 valence electrons. The molecule has 0 atom stereocenters. The van der Waals surface area contributed by atoms with E-state index in [0.717, 1.165) is 22.8 Å². The van der Waals surface area contributed by atoms with Gasteiger partial charge in [-0.2, -0.15) is 0 Å². The smallest absolute Gasteiger partial charge is 0.137 e. The normalized spacial score (nSPS) is 10.0. The lowest BCUT2D eigenvalue weighted by Crippen LogP contribution is -1.89. The summed E-state index contributed by atoms with van der Waals surface area (Å²) in [6.07, 6.45) is 1.64. The Hall–Kier alpha value is -1.90. The standard InChI is InChI=1S/C12H12O3/c1-13-9-5-6-10(12(8-9)14-2)11-4-3-7-15-11/h3-8H,1-2H3. The van der Waals surface area contributed by atoms with E-state index < -0.39 is 0 Å². The molecule has 1 heterocycles. The average molecular weight is 204 g/mol. The first kappa shape index (κ1) is 9.65. The van der Waals surface area contributed by atoms with Gasteiger partial charge >= 0.3 is 0 Å². The van der Waals surface area contributed by atoms with Gasteiger partial charge in [-0.1, -0.05) is 0 Å². The van der Waals surface area contributed by atoms with E-state index in [1.54, 1.807) is 20.5 Å². The highest BCUT2D eigenvalue weighted by Crippen LogP contribution is 2.33. The van der Waals surface area contributed by atoms with E-state index in [9.17, 15) is 0 Å². The van der Waals surface area contributed by atoms with Gasteiger partial charge in [0.2, 0.25) is 0 Å². The Morgan fingerprint density at radius 2 is 1.93 bits per heavy atom. The van der Waals surface area contributed by atoms with Crippen LogP contribution in [-0.2, 0) is 0 Å². The summed E-state index contributed by atoms with van der Waals surface area (Å²) in [6.45, 7) is 0. The molecule has 0 radical (unpaired) electrons. The first-order valence-electron chi connectivity index (χ1n) is 4.61. The Labute approximate surface area is 88.2 Å². The van der Waals surface area contributed by atoms with Gasteiger partial charge in [-0.3, -0.25) is 0 Å². The molecule has 0 N–H and O–H groups in total. The van der Waals surface area contributed by atoms with Crippen molar-refractivity contribution < 1.29 is 13.9 Å². The summed E-state index contributed by atoms with van der Waals surface area (Å²) in [7, 11) is 3.25. The molecule has 0 bridgehead atoms. The molecular weight excluding hydrogens is 192 g/mol. The Morgan fingerprint density at radius 3 is 2.53 bits per heavy atom. The summed E-state index contributed by atoms with van der Waals surface area (Å²) in [5.74, 6) is 2.29. The third-order valence-electron chi connectivity index (χ3n) is 2.20. The number of rotatable bonds is 3. The summed E-state index contributed by atoms with van der Waals surface area (Å²) < 4.78 is 15.7. The van der Waals surface area contributed by atoms with Crippen LogP contribution in [0.1, 0.15) is 0 Å². The van der Waals surface area contributed by atoms with E-state index in [4.69, 9.17) is 13.9 Å². The van der Waals surface area contributed by atoms with Gasteiger partial charge in [-0.05, 0) is 24.3 Å². The van der Waals surface area contributed by atoms with Gasteiger partial charge in [0.15, 0.2) is 0 Å². The van der Waals surface area contributed by atoms with Crippen molar-refractivity contribution in [3.63, 3.8) is 0 Å². The minimum atomic E-state index is 0.740. The van der Waals surface area contributed by atoms with Crippen LogP contribution in [0.3, 0.4) is 0 Å². The first-order valence-corrected chi connectivity index (χ1v) is 4.61. The van der Waals surface area contributed by atoms with Gasteiger partial charge in [0.25, 0.3) is 0 Å². The summed E-state index contributed by atoms with van der Waals surface area (Å²) in [4.78, 5) is 0. The first-order chi connectivity index (χ1) is 7.35. The number of furan rings is 1. The third-order valence-corrected chi connectivity index (χ3v) is 2.20. The molecule has 0 saturated heterocycles. The van der Waals surface area contributed by atoms with E-state index in [1.165, 1.54) is 0 Å². The van der Waals surface area contributed by atoms with E-state index in [1.807, 2.05) is 30.3 Å². The van der Waals surface area contributed by atoms with Crippen molar-refractivity contribution in [1.82, 2.24) is 0 Å². The molecule has 3 nitrogen and oxygen atoms in total. The molecule has 2 aromatic rings. The predicted octanol–water partition coefficient (Wildman–Crippen LogP) is 2.96. The molecule has 0 unspecified atom stereocenters. The zero-order valence-electron chi connectivity index (χ0n) is 8.69. The molecule has 0 aliphatic carbocycles. The minimum Gasteiger partial charge on any atom is -0.497 e. The maximum Gasteiger partial charge on any atom is 0.137 e. The maximum absolute atomic E-state index is 5.31. The number of methoxy groups -OCH3 is 2. The van der Waals surface area contributed by atoms with Crippen molar-refractivity contribution >= 4 is 0 Å². The molecule has 0 aliphatic heterocycles. The molecule has 0 spiro atoms. The molecular formula is C12H12O3. The lowest BCUT2D eigenvalue weighted by Gasteiger charge is -2.08. The Kier molecular flexibility index (Phi) is 2.63. The van der Waals surface area contributed by atoms with E-state index in [0.29, 0.717) is 0 Å². The number of hydrogen-bond acceptors (Lipinski definition) is 3. The van der Waals surface area contributed by atoms with Crippen LogP contribution in [0.5, 0.6) is 11.5 Å². The number of benzene rings is 1.